The molecule has 0 atom stereocenters. The van der Waals surface area contributed by atoms with Gasteiger partial charge < -0.3 is 4.74 Å². The fourth-order valence-corrected chi connectivity index (χ4v) is 1.94. The van der Waals surface area contributed by atoms with Crippen molar-refractivity contribution in [3.05, 3.63) is 57.5 Å². The highest BCUT2D eigenvalue weighted by molar-refractivity contribution is 9.10. The Morgan fingerprint density at radius 2 is 2.00 bits per heavy atom. The molecule has 0 aliphatic carbocycles. The van der Waals surface area contributed by atoms with E-state index in [2.05, 4.69) is 15.9 Å². The van der Waals surface area contributed by atoms with E-state index in [-0.39, 0.29) is 0 Å². The van der Waals surface area contributed by atoms with Gasteiger partial charge in [0.05, 0.1) is 5.02 Å². The Morgan fingerprint density at radius 1 is 1.18 bits per heavy atom. The van der Waals surface area contributed by atoms with Crippen molar-refractivity contribution in [3.63, 3.8) is 0 Å². The van der Waals surface area contributed by atoms with E-state index in [0.717, 1.165) is 10.8 Å². The van der Waals surface area contributed by atoms with Crippen molar-refractivity contribution in [1.29, 1.82) is 0 Å². The summed E-state index contributed by atoms with van der Waals surface area (Å²) in [7, 11) is 0. The molecule has 0 radical (unpaired) electrons. The number of benzene rings is 2. The average Bonchev–Trinajstić information content (AvgIpc) is 2.32. The third-order valence-electron chi connectivity index (χ3n) is 2.12. The molecule has 0 bridgehead atoms. The number of aldehydes is 1. The predicted octanol–water partition coefficient (Wildman–Crippen LogP) is 4.71. The monoisotopic (exact) mass is 310 g/mol. The highest BCUT2D eigenvalue weighted by atomic mass is 79.9. The summed E-state index contributed by atoms with van der Waals surface area (Å²) in [5.74, 6) is 1.20. The summed E-state index contributed by atoms with van der Waals surface area (Å²) in [5, 5.41) is 0.412. The number of hydrogen-bond donors (Lipinski definition) is 0. The number of ether oxygens (including phenoxy) is 1. The smallest absolute Gasteiger partial charge is 0.150 e. The first-order valence-electron chi connectivity index (χ1n) is 4.87. The molecule has 0 saturated carbocycles. The Morgan fingerprint density at radius 3 is 2.65 bits per heavy atom. The van der Waals surface area contributed by atoms with Crippen LogP contribution in [0.1, 0.15) is 10.4 Å². The molecule has 86 valence electrons. The molecule has 0 amide bonds. The molecule has 0 fully saturated rings. The minimum atomic E-state index is 0.412. The largest absolute Gasteiger partial charge is 0.456 e. The van der Waals surface area contributed by atoms with Crippen LogP contribution in [0, 0.1) is 0 Å². The maximum absolute atomic E-state index is 10.6. The summed E-state index contributed by atoms with van der Waals surface area (Å²) in [6, 6.07) is 12.3. The number of halogens is 2. The molecule has 4 heteroatoms. The molecule has 0 aliphatic heterocycles. The van der Waals surface area contributed by atoms with Gasteiger partial charge in [-0.2, -0.15) is 0 Å². The van der Waals surface area contributed by atoms with Crippen LogP contribution in [0.2, 0.25) is 5.02 Å². The van der Waals surface area contributed by atoms with Gasteiger partial charge in [-0.1, -0.05) is 33.6 Å². The molecule has 2 aromatic carbocycles. The van der Waals surface area contributed by atoms with Crippen LogP contribution in [0.3, 0.4) is 0 Å². The van der Waals surface area contributed by atoms with E-state index in [4.69, 9.17) is 16.3 Å². The van der Waals surface area contributed by atoms with E-state index in [1.807, 2.05) is 24.3 Å². The Kier molecular flexibility index (Phi) is 3.82. The minimum absolute atomic E-state index is 0.412. The van der Waals surface area contributed by atoms with Crippen molar-refractivity contribution in [3.8, 4) is 11.5 Å². The zero-order chi connectivity index (χ0) is 12.3. The number of carbonyl (C=O) groups is 1. The molecule has 2 nitrogen and oxygen atoms in total. The lowest BCUT2D eigenvalue weighted by atomic mass is 10.2. The summed E-state index contributed by atoms with van der Waals surface area (Å²) in [6.45, 7) is 0. The van der Waals surface area contributed by atoms with Crippen LogP contribution in [0.4, 0.5) is 0 Å². The van der Waals surface area contributed by atoms with E-state index >= 15 is 0 Å². The SMILES string of the molecule is O=Cc1ccc(Oc2cccc(Br)c2)c(Cl)c1. The van der Waals surface area contributed by atoms with Gasteiger partial charge in [-0.3, -0.25) is 4.79 Å². The fraction of sp³-hybridized carbons (Fsp3) is 0. The molecule has 0 unspecified atom stereocenters. The summed E-state index contributed by atoms with van der Waals surface area (Å²) in [5.41, 5.74) is 0.525. The molecule has 17 heavy (non-hydrogen) atoms. The van der Waals surface area contributed by atoms with Gasteiger partial charge in [-0.05, 0) is 36.4 Å². The summed E-state index contributed by atoms with van der Waals surface area (Å²) < 4.78 is 6.54. The van der Waals surface area contributed by atoms with E-state index in [1.165, 1.54) is 0 Å². The number of hydrogen-bond acceptors (Lipinski definition) is 2. The third-order valence-corrected chi connectivity index (χ3v) is 2.90. The van der Waals surface area contributed by atoms with Crippen molar-refractivity contribution in [2.24, 2.45) is 0 Å². The van der Waals surface area contributed by atoms with Gasteiger partial charge in [0.15, 0.2) is 0 Å². The van der Waals surface area contributed by atoms with Crippen molar-refractivity contribution >= 4 is 33.8 Å². The van der Waals surface area contributed by atoms with Crippen molar-refractivity contribution in [1.82, 2.24) is 0 Å². The van der Waals surface area contributed by atoms with Crippen LogP contribution in [-0.2, 0) is 0 Å². The predicted molar refractivity (Wildman–Crippen MR) is 71.1 cm³/mol. The molecule has 0 N–H and O–H groups in total. The molecule has 0 spiro atoms. The quantitative estimate of drug-likeness (QED) is 0.768. The lowest BCUT2D eigenvalue weighted by Gasteiger charge is -2.07. The zero-order valence-electron chi connectivity index (χ0n) is 8.69. The third kappa shape index (κ3) is 3.08. The first kappa shape index (κ1) is 12.1. The van der Waals surface area contributed by atoms with Gasteiger partial charge in [0.1, 0.15) is 17.8 Å². The second-order valence-electron chi connectivity index (χ2n) is 3.37. The van der Waals surface area contributed by atoms with Crippen molar-refractivity contribution in [2.45, 2.75) is 0 Å². The first-order chi connectivity index (χ1) is 8.19. The molecule has 0 aliphatic rings. The zero-order valence-corrected chi connectivity index (χ0v) is 11.0. The highest BCUT2D eigenvalue weighted by Crippen LogP contribution is 2.30. The number of carbonyl (C=O) groups excluding carboxylic acids is 1. The molecular formula is C13H8BrClO2. The molecule has 0 aromatic heterocycles. The summed E-state index contributed by atoms with van der Waals surface area (Å²) >= 11 is 9.36. The lowest BCUT2D eigenvalue weighted by molar-refractivity contribution is 0.112. The Labute approximate surface area is 112 Å². The maximum atomic E-state index is 10.6. The van der Waals surface area contributed by atoms with Crippen LogP contribution in [-0.4, -0.2) is 6.29 Å². The summed E-state index contributed by atoms with van der Waals surface area (Å²) in [4.78, 5) is 10.6. The van der Waals surface area contributed by atoms with Crippen molar-refractivity contribution in [2.75, 3.05) is 0 Å². The normalized spacial score (nSPS) is 10.0. The standard InChI is InChI=1S/C13H8BrClO2/c14-10-2-1-3-11(7-10)17-13-5-4-9(8-16)6-12(13)15/h1-8H. The Bertz CT molecular complexity index is 555. The van der Waals surface area contributed by atoms with E-state index in [0.29, 0.717) is 22.1 Å². The van der Waals surface area contributed by atoms with Gasteiger partial charge in [0, 0.05) is 10.0 Å². The van der Waals surface area contributed by atoms with E-state index in [1.54, 1.807) is 18.2 Å². The Balaban J connectivity index is 2.27. The average molecular weight is 312 g/mol. The molecule has 2 aromatic rings. The molecule has 0 heterocycles. The highest BCUT2D eigenvalue weighted by Gasteiger charge is 2.04. The van der Waals surface area contributed by atoms with Crippen LogP contribution in [0.15, 0.2) is 46.9 Å². The number of rotatable bonds is 3. The minimum Gasteiger partial charge on any atom is -0.456 e. The van der Waals surface area contributed by atoms with E-state index in [9.17, 15) is 4.79 Å². The van der Waals surface area contributed by atoms with Gasteiger partial charge in [-0.25, -0.2) is 0 Å². The van der Waals surface area contributed by atoms with Crippen molar-refractivity contribution < 1.29 is 9.53 Å². The second-order valence-corrected chi connectivity index (χ2v) is 4.69. The first-order valence-corrected chi connectivity index (χ1v) is 6.04. The second kappa shape index (κ2) is 5.34. The fourth-order valence-electron chi connectivity index (χ4n) is 1.33. The van der Waals surface area contributed by atoms with Crippen LogP contribution in [0.25, 0.3) is 0 Å². The van der Waals surface area contributed by atoms with Crippen LogP contribution in [0.5, 0.6) is 11.5 Å². The summed E-state index contributed by atoms with van der Waals surface area (Å²) in [6.07, 6.45) is 0.745. The Hall–Kier alpha value is -1.32. The molecular weight excluding hydrogens is 303 g/mol. The molecule has 0 saturated heterocycles. The van der Waals surface area contributed by atoms with E-state index < -0.39 is 0 Å². The van der Waals surface area contributed by atoms with Gasteiger partial charge in [-0.15, -0.1) is 0 Å². The molecule has 2 rings (SSSR count). The maximum Gasteiger partial charge on any atom is 0.150 e. The van der Waals surface area contributed by atoms with Gasteiger partial charge in [0.25, 0.3) is 0 Å². The lowest BCUT2D eigenvalue weighted by Crippen LogP contribution is -1.87. The topological polar surface area (TPSA) is 26.3 Å². The van der Waals surface area contributed by atoms with Crippen LogP contribution >= 0.6 is 27.5 Å². The van der Waals surface area contributed by atoms with Gasteiger partial charge >= 0.3 is 0 Å². The van der Waals surface area contributed by atoms with Gasteiger partial charge in [0.2, 0.25) is 0 Å². The van der Waals surface area contributed by atoms with Crippen LogP contribution < -0.4 is 4.74 Å².